The van der Waals surface area contributed by atoms with E-state index in [1.807, 2.05) is 18.5 Å². The van der Waals surface area contributed by atoms with Crippen LogP contribution in [0.25, 0.3) is 211 Å². The molecule has 129 heavy (non-hydrogen) atoms. The summed E-state index contributed by atoms with van der Waals surface area (Å²) in [4.78, 5) is 2.29. The Labute approximate surface area is 744 Å². The zero-order valence-electron chi connectivity index (χ0n) is 70.7. The number of fused-ring (bicyclic) bond motifs is 23. The molecule has 0 saturated heterocycles. The lowest BCUT2D eigenvalue weighted by Gasteiger charge is -2.25. The van der Waals surface area contributed by atoms with Gasteiger partial charge in [0.25, 0.3) is 0 Å². The van der Waals surface area contributed by atoms with E-state index in [4.69, 9.17) is 0 Å². The van der Waals surface area contributed by atoms with Crippen LogP contribution in [0.1, 0.15) is 11.1 Å². The first kappa shape index (κ1) is 75.5. The highest BCUT2D eigenvalue weighted by atomic mass is 15.1. The van der Waals surface area contributed by atoms with Gasteiger partial charge in [-0.3, -0.25) is 0 Å². The van der Waals surface area contributed by atoms with Crippen molar-refractivity contribution in [1.29, 1.82) is 0 Å². The molecule has 0 aliphatic rings. The second kappa shape index (κ2) is 31.2. The predicted molar refractivity (Wildman–Crippen MR) is 546 cm³/mol. The van der Waals surface area contributed by atoms with E-state index in [2.05, 4.69) is 504 Å². The highest BCUT2D eigenvalue weighted by Gasteiger charge is 2.26. The van der Waals surface area contributed by atoms with Gasteiger partial charge in [0.2, 0.25) is 5.69 Å². The first-order valence-corrected chi connectivity index (χ1v) is 44.0. The largest absolute Gasteiger partial charge is 0.335 e. The van der Waals surface area contributed by atoms with Crippen molar-refractivity contribution in [2.75, 3.05) is 4.90 Å². The SMILES string of the molecule is C=Cc1ccc(Cn2c3ccc(-[n+]4ccccc4)cc3c3ccc4c(c5ccccc5n4-c4ccccc4)c32)cc1.C=Cn1c2ccccc2c2cc3c(cc21)c1ccccc1n3-c1ccc(-c2ccc(N(c3ccccc3)c3ccccc3)cc2)cc1.C=Cn1c2ccccc2c2ccc3c(c4ccccc4n3-c3ccc(-n4c5ccccc5c5ccccc54)cc3)c21. The Kier molecular flexibility index (Phi) is 18.3. The molecule has 0 bridgehead atoms. The van der Waals surface area contributed by atoms with Crippen molar-refractivity contribution in [2.24, 2.45) is 0 Å². The van der Waals surface area contributed by atoms with Crippen molar-refractivity contribution >= 4 is 188 Å². The van der Waals surface area contributed by atoms with E-state index in [1.54, 1.807) is 0 Å². The fourth-order valence-electron chi connectivity index (χ4n) is 20.4. The molecule has 0 radical (unpaired) electrons. The van der Waals surface area contributed by atoms with Crippen LogP contribution in [0.15, 0.2) is 463 Å². The number of para-hydroxylation sites is 10. The highest BCUT2D eigenvalue weighted by Crippen LogP contribution is 2.46. The predicted octanol–water partition coefficient (Wildman–Crippen LogP) is 31.1. The molecular formula is C120H84N9+. The minimum atomic E-state index is 0.777. The van der Waals surface area contributed by atoms with Gasteiger partial charge >= 0.3 is 0 Å². The summed E-state index contributed by atoms with van der Waals surface area (Å²) in [6.07, 6.45) is 9.97. The van der Waals surface area contributed by atoms with E-state index in [1.165, 1.54) is 175 Å². The van der Waals surface area contributed by atoms with Gasteiger partial charge in [0.1, 0.15) is 0 Å². The van der Waals surface area contributed by atoms with E-state index >= 15 is 0 Å². The van der Waals surface area contributed by atoms with Gasteiger partial charge in [-0.25, -0.2) is 0 Å². The quantitative estimate of drug-likeness (QED) is 0.100. The number of benzene rings is 18. The van der Waals surface area contributed by atoms with Gasteiger partial charge < -0.3 is 36.9 Å². The molecule has 0 spiro atoms. The summed E-state index contributed by atoms with van der Waals surface area (Å²) in [5.41, 5.74) is 30.8. The number of hydrogen-bond acceptors (Lipinski definition) is 1. The van der Waals surface area contributed by atoms with Crippen molar-refractivity contribution in [1.82, 2.24) is 32.0 Å². The Hall–Kier alpha value is -17.3. The number of anilines is 3. The van der Waals surface area contributed by atoms with Gasteiger partial charge in [-0.1, -0.05) is 275 Å². The maximum Gasteiger partial charge on any atom is 0.211 e. The topological polar surface area (TPSA) is 41.6 Å². The third-order valence-electron chi connectivity index (χ3n) is 26.2. The van der Waals surface area contributed by atoms with Crippen molar-refractivity contribution in [3.8, 4) is 39.6 Å². The van der Waals surface area contributed by atoms with Gasteiger partial charge in [0.15, 0.2) is 12.4 Å². The molecule has 9 heteroatoms. The van der Waals surface area contributed by atoms with E-state index < -0.39 is 0 Å². The molecule has 0 aliphatic carbocycles. The third kappa shape index (κ3) is 12.4. The normalized spacial score (nSPS) is 11.7. The Morgan fingerprint density at radius 3 is 1.12 bits per heavy atom. The Morgan fingerprint density at radius 1 is 0.240 bits per heavy atom. The molecule has 0 amide bonds. The molecular weight excluding hydrogens is 1570 g/mol. The molecule has 18 aromatic carbocycles. The molecule has 0 atom stereocenters. The molecule has 26 aromatic rings. The van der Waals surface area contributed by atoms with Crippen LogP contribution in [0.4, 0.5) is 17.1 Å². The average molecular weight is 1650 g/mol. The van der Waals surface area contributed by atoms with Crippen molar-refractivity contribution < 1.29 is 4.57 Å². The fourth-order valence-corrected chi connectivity index (χ4v) is 20.4. The van der Waals surface area contributed by atoms with Crippen LogP contribution in [0.3, 0.4) is 0 Å². The van der Waals surface area contributed by atoms with Crippen LogP contribution in [-0.2, 0) is 6.54 Å². The lowest BCUT2D eigenvalue weighted by atomic mass is 10.0. The fraction of sp³-hybridized carbons (Fsp3) is 0.00833. The van der Waals surface area contributed by atoms with Crippen LogP contribution in [0.2, 0.25) is 0 Å². The number of rotatable bonds is 14. The van der Waals surface area contributed by atoms with Gasteiger partial charge in [-0.15, -0.1) is 0 Å². The van der Waals surface area contributed by atoms with Crippen LogP contribution in [0, 0.1) is 0 Å². The van der Waals surface area contributed by atoms with Crippen molar-refractivity contribution in [2.45, 2.75) is 6.54 Å². The van der Waals surface area contributed by atoms with Crippen LogP contribution < -0.4 is 9.47 Å². The molecule has 608 valence electrons. The van der Waals surface area contributed by atoms with Crippen molar-refractivity contribution in [3.05, 3.63) is 474 Å². The molecule has 8 aromatic heterocycles. The molecule has 9 nitrogen and oxygen atoms in total. The number of pyridine rings is 1. The molecule has 0 N–H and O–H groups in total. The molecule has 0 saturated carbocycles. The summed E-state index contributed by atoms with van der Waals surface area (Å²) < 4.78 is 18.7. The number of hydrogen-bond donors (Lipinski definition) is 0. The smallest absolute Gasteiger partial charge is 0.211 e. The van der Waals surface area contributed by atoms with Gasteiger partial charge in [-0.2, -0.15) is 4.57 Å². The lowest BCUT2D eigenvalue weighted by Crippen LogP contribution is -2.28. The monoisotopic (exact) mass is 1650 g/mol. The lowest BCUT2D eigenvalue weighted by molar-refractivity contribution is -0.595. The standard InChI is InChI=1S/C44H31N3.C38H25N3.C38H28N3/c1-2-45-41-19-11-9-17-37(41)39-30-44-40(29-43(39)45)38-18-10-12-20-42(38)47(44)36-27-23-32(24-28-36)31-21-25-35(26-22-31)46(33-13-5-3-6-14-33)34-15-7-4-8-16-34;1-2-39-32-15-7-3-13-29(32)30-23-24-36-37(38(30)39)31-14-6-10-18-35(31)41(36)26-21-19-25(20-22-26)40-33-16-8-4-11-27(33)28-12-5-9-17-34(28)40;1-2-27-15-17-28(18-16-27)26-40-34-21-19-30(39-23-9-4-10-24-39)25-33(34)31-20-22-36-37(38(31)40)32-13-7-8-14-35(32)41(36)29-11-5-3-6-12-29/h2-30H,1H2;2-24H,1H2;2-25H,1,26H2/q;;+1. The molecule has 0 unspecified atom stereocenters. The summed E-state index contributed by atoms with van der Waals surface area (Å²) >= 11 is 0. The van der Waals surface area contributed by atoms with Gasteiger partial charge in [0, 0.05) is 164 Å². The summed E-state index contributed by atoms with van der Waals surface area (Å²) in [7, 11) is 0. The molecule has 26 rings (SSSR count). The summed E-state index contributed by atoms with van der Waals surface area (Å²) in [5.74, 6) is 0. The number of aromatic nitrogens is 8. The van der Waals surface area contributed by atoms with E-state index in [9.17, 15) is 0 Å². The Balaban J connectivity index is 0.000000108. The zero-order chi connectivity index (χ0) is 85.7. The van der Waals surface area contributed by atoms with Gasteiger partial charge in [-0.05, 0) is 180 Å². The Bertz CT molecular complexity index is 8820. The Morgan fingerprint density at radius 2 is 0.597 bits per heavy atom. The van der Waals surface area contributed by atoms with E-state index in [0.717, 1.165) is 51.9 Å². The van der Waals surface area contributed by atoms with E-state index in [-0.39, 0.29) is 0 Å². The first-order chi connectivity index (χ1) is 63.9. The molecule has 0 fully saturated rings. The first-order valence-electron chi connectivity index (χ1n) is 44.0. The van der Waals surface area contributed by atoms with Crippen LogP contribution >= 0.6 is 0 Å². The molecule has 0 aliphatic heterocycles. The maximum absolute atomic E-state index is 4.19. The van der Waals surface area contributed by atoms with E-state index in [0.29, 0.717) is 0 Å². The highest BCUT2D eigenvalue weighted by molar-refractivity contribution is 6.28. The summed E-state index contributed by atoms with van der Waals surface area (Å²) in [6, 6.07) is 155. The number of nitrogens with zero attached hydrogens (tertiary/aromatic N) is 9. The maximum atomic E-state index is 4.19. The minimum absolute atomic E-state index is 0.777. The summed E-state index contributed by atoms with van der Waals surface area (Å²) in [5, 5.41) is 17.6. The second-order valence-electron chi connectivity index (χ2n) is 33.1. The molecule has 8 heterocycles. The van der Waals surface area contributed by atoms with Gasteiger partial charge in [0.05, 0.1) is 71.7 Å². The minimum Gasteiger partial charge on any atom is -0.335 e. The second-order valence-corrected chi connectivity index (χ2v) is 33.1. The van der Waals surface area contributed by atoms with Crippen LogP contribution in [-0.4, -0.2) is 32.0 Å². The zero-order valence-corrected chi connectivity index (χ0v) is 70.7. The summed E-state index contributed by atoms with van der Waals surface area (Å²) in [6.45, 7) is 13.0. The van der Waals surface area contributed by atoms with Crippen LogP contribution in [0.5, 0.6) is 0 Å². The average Bonchev–Trinajstić information content (AvgIpc) is 1.54. The van der Waals surface area contributed by atoms with Crippen molar-refractivity contribution in [3.63, 3.8) is 0 Å². The third-order valence-corrected chi connectivity index (χ3v) is 26.2.